The molecule has 31 heavy (non-hydrogen) atoms. The predicted molar refractivity (Wildman–Crippen MR) is 116 cm³/mol. The van der Waals surface area contributed by atoms with Crippen LogP contribution in [0.2, 0.25) is 0 Å². The Morgan fingerprint density at radius 2 is 1.68 bits per heavy atom. The van der Waals surface area contributed by atoms with Crippen molar-refractivity contribution < 1.29 is 14.4 Å². The maximum atomic E-state index is 13.0. The number of carbonyl (C=O) groups is 3. The lowest BCUT2D eigenvalue weighted by molar-refractivity contribution is -0.132. The molecule has 1 aliphatic rings. The molecule has 0 saturated heterocycles. The van der Waals surface area contributed by atoms with Crippen LogP contribution in [0, 0.1) is 18.3 Å². The second-order valence-electron chi connectivity index (χ2n) is 7.99. The first-order valence-electron chi connectivity index (χ1n) is 10.2. The Morgan fingerprint density at radius 1 is 1.00 bits per heavy atom. The standard InChI is InChI=1S/C24H26N4O3/c1-17-4-9-20-21(14-17)24(31)28(23(20)30)11-10-22(29)27(13-12-26(2)3)16-19-7-5-18(15-25)6-8-19/h4-9,14H,10-13,16H2,1-3H3. The smallest absolute Gasteiger partial charge is 0.261 e. The third kappa shape index (κ3) is 5.16. The van der Waals surface area contributed by atoms with Crippen LogP contribution in [0.1, 0.15) is 43.8 Å². The molecule has 0 spiro atoms. The third-order valence-corrected chi connectivity index (χ3v) is 5.30. The second-order valence-corrected chi connectivity index (χ2v) is 7.99. The zero-order valence-corrected chi connectivity index (χ0v) is 18.1. The van der Waals surface area contributed by atoms with Crippen LogP contribution >= 0.6 is 0 Å². The Morgan fingerprint density at radius 3 is 2.32 bits per heavy atom. The molecule has 0 N–H and O–H groups in total. The van der Waals surface area contributed by atoms with Gasteiger partial charge in [-0.25, -0.2) is 0 Å². The van der Waals surface area contributed by atoms with Gasteiger partial charge in [0.15, 0.2) is 0 Å². The maximum absolute atomic E-state index is 13.0. The van der Waals surface area contributed by atoms with Gasteiger partial charge in [0.1, 0.15) is 0 Å². The molecule has 7 heteroatoms. The molecule has 1 heterocycles. The highest BCUT2D eigenvalue weighted by Crippen LogP contribution is 2.24. The zero-order chi connectivity index (χ0) is 22.5. The van der Waals surface area contributed by atoms with E-state index in [-0.39, 0.29) is 30.7 Å². The second kappa shape index (κ2) is 9.54. The highest BCUT2D eigenvalue weighted by atomic mass is 16.2. The average molecular weight is 418 g/mol. The Kier molecular flexibility index (Phi) is 6.83. The summed E-state index contributed by atoms with van der Waals surface area (Å²) in [7, 11) is 3.87. The molecule has 2 aromatic rings. The number of nitrogens with zero attached hydrogens (tertiary/aromatic N) is 4. The Bertz CT molecular complexity index is 1040. The van der Waals surface area contributed by atoms with Gasteiger partial charge < -0.3 is 9.80 Å². The summed E-state index contributed by atoms with van der Waals surface area (Å²) in [5, 5.41) is 8.96. The van der Waals surface area contributed by atoms with Gasteiger partial charge in [-0.1, -0.05) is 23.8 Å². The molecule has 0 saturated carbocycles. The average Bonchev–Trinajstić information content (AvgIpc) is 2.98. The summed E-state index contributed by atoms with van der Waals surface area (Å²) in [6.45, 7) is 3.53. The molecule has 0 radical (unpaired) electrons. The summed E-state index contributed by atoms with van der Waals surface area (Å²) < 4.78 is 0. The van der Waals surface area contributed by atoms with E-state index in [1.807, 2.05) is 38.1 Å². The summed E-state index contributed by atoms with van der Waals surface area (Å²) in [6, 6.07) is 14.4. The molecule has 0 fully saturated rings. The number of hydrogen-bond donors (Lipinski definition) is 0. The van der Waals surface area contributed by atoms with Crippen molar-refractivity contribution in [3.05, 3.63) is 70.3 Å². The molecule has 0 atom stereocenters. The zero-order valence-electron chi connectivity index (χ0n) is 18.1. The van der Waals surface area contributed by atoms with Crippen molar-refractivity contribution >= 4 is 17.7 Å². The van der Waals surface area contributed by atoms with Gasteiger partial charge in [0.25, 0.3) is 11.8 Å². The molecule has 3 rings (SSSR count). The van der Waals surface area contributed by atoms with E-state index in [1.165, 1.54) is 0 Å². The fourth-order valence-corrected chi connectivity index (χ4v) is 3.49. The summed E-state index contributed by atoms with van der Waals surface area (Å²) in [5.41, 5.74) is 3.19. The first-order chi connectivity index (χ1) is 14.8. The molecule has 1 aliphatic heterocycles. The molecule has 0 aromatic heterocycles. The SMILES string of the molecule is Cc1ccc2c(c1)C(=O)N(CCC(=O)N(CCN(C)C)Cc1ccc(C#N)cc1)C2=O. The van der Waals surface area contributed by atoms with Crippen molar-refractivity contribution in [2.75, 3.05) is 33.7 Å². The lowest BCUT2D eigenvalue weighted by Gasteiger charge is -2.25. The monoisotopic (exact) mass is 418 g/mol. The minimum atomic E-state index is -0.347. The first-order valence-corrected chi connectivity index (χ1v) is 10.2. The number of benzene rings is 2. The van der Waals surface area contributed by atoms with Crippen LogP contribution in [-0.4, -0.2) is 66.2 Å². The molecule has 0 unspecified atom stereocenters. The van der Waals surface area contributed by atoms with Crippen LogP contribution in [-0.2, 0) is 11.3 Å². The first kappa shape index (κ1) is 22.2. The number of aryl methyl sites for hydroxylation is 1. The van der Waals surface area contributed by atoms with Crippen molar-refractivity contribution in [2.45, 2.75) is 19.9 Å². The lowest BCUT2D eigenvalue weighted by atomic mass is 10.1. The number of fused-ring (bicyclic) bond motifs is 1. The predicted octanol–water partition coefficient (Wildman–Crippen LogP) is 2.44. The van der Waals surface area contributed by atoms with Gasteiger partial charge in [-0.2, -0.15) is 5.26 Å². The third-order valence-electron chi connectivity index (χ3n) is 5.30. The van der Waals surface area contributed by atoms with Gasteiger partial charge in [-0.15, -0.1) is 0 Å². The molecule has 0 aliphatic carbocycles. The summed E-state index contributed by atoms with van der Waals surface area (Å²) >= 11 is 0. The largest absolute Gasteiger partial charge is 0.337 e. The number of imide groups is 1. The van der Waals surface area contributed by atoms with Crippen molar-refractivity contribution in [1.29, 1.82) is 5.26 Å². The number of likely N-dealkylation sites (N-methyl/N-ethyl adjacent to an activating group) is 1. The van der Waals surface area contributed by atoms with Crippen LogP contribution in [0.3, 0.4) is 0 Å². The normalized spacial score (nSPS) is 12.8. The van der Waals surface area contributed by atoms with E-state index < -0.39 is 0 Å². The molecular formula is C24H26N4O3. The van der Waals surface area contributed by atoms with E-state index in [0.29, 0.717) is 36.3 Å². The van der Waals surface area contributed by atoms with Crippen molar-refractivity contribution in [2.24, 2.45) is 0 Å². The van der Waals surface area contributed by atoms with E-state index in [9.17, 15) is 14.4 Å². The number of hydrogen-bond acceptors (Lipinski definition) is 5. The van der Waals surface area contributed by atoms with E-state index in [1.54, 1.807) is 35.2 Å². The minimum absolute atomic E-state index is 0.0516. The van der Waals surface area contributed by atoms with Gasteiger partial charge >= 0.3 is 0 Å². The van der Waals surface area contributed by atoms with Gasteiger partial charge in [-0.3, -0.25) is 19.3 Å². The van der Waals surface area contributed by atoms with E-state index in [0.717, 1.165) is 16.0 Å². The van der Waals surface area contributed by atoms with Crippen LogP contribution in [0.4, 0.5) is 0 Å². The molecule has 0 bridgehead atoms. The highest BCUT2D eigenvalue weighted by Gasteiger charge is 2.35. The topological polar surface area (TPSA) is 84.7 Å². The van der Waals surface area contributed by atoms with E-state index in [4.69, 9.17) is 5.26 Å². The van der Waals surface area contributed by atoms with Crippen LogP contribution < -0.4 is 0 Å². The van der Waals surface area contributed by atoms with Crippen LogP contribution in [0.25, 0.3) is 0 Å². The molecule has 3 amide bonds. The Balaban J connectivity index is 1.67. The van der Waals surface area contributed by atoms with Crippen molar-refractivity contribution in [3.63, 3.8) is 0 Å². The quantitative estimate of drug-likeness (QED) is 0.615. The number of carbonyl (C=O) groups excluding carboxylic acids is 3. The molecule has 160 valence electrons. The highest BCUT2D eigenvalue weighted by molar-refractivity contribution is 6.21. The Labute approximate surface area is 182 Å². The van der Waals surface area contributed by atoms with E-state index in [2.05, 4.69) is 6.07 Å². The van der Waals surface area contributed by atoms with Crippen molar-refractivity contribution in [3.8, 4) is 6.07 Å². The fourth-order valence-electron chi connectivity index (χ4n) is 3.49. The van der Waals surface area contributed by atoms with E-state index >= 15 is 0 Å². The summed E-state index contributed by atoms with van der Waals surface area (Å²) in [4.78, 5) is 43.1. The summed E-state index contributed by atoms with van der Waals surface area (Å²) in [6.07, 6.45) is 0.0636. The number of rotatable bonds is 8. The van der Waals surface area contributed by atoms with Gasteiger partial charge in [-0.05, 0) is 50.8 Å². The van der Waals surface area contributed by atoms with Gasteiger partial charge in [0.05, 0.1) is 22.8 Å². The molecule has 7 nitrogen and oxygen atoms in total. The Hall–Kier alpha value is -3.50. The lowest BCUT2D eigenvalue weighted by Crippen LogP contribution is -2.39. The van der Waals surface area contributed by atoms with Gasteiger partial charge in [0, 0.05) is 32.6 Å². The number of amides is 3. The van der Waals surface area contributed by atoms with Crippen LogP contribution in [0.5, 0.6) is 0 Å². The van der Waals surface area contributed by atoms with Crippen molar-refractivity contribution in [1.82, 2.24) is 14.7 Å². The summed E-state index contributed by atoms with van der Waals surface area (Å²) in [5.74, 6) is -0.817. The fraction of sp³-hybridized carbons (Fsp3) is 0.333. The maximum Gasteiger partial charge on any atom is 0.261 e. The molecular weight excluding hydrogens is 392 g/mol. The minimum Gasteiger partial charge on any atom is -0.337 e. The van der Waals surface area contributed by atoms with Crippen LogP contribution in [0.15, 0.2) is 42.5 Å². The molecule has 2 aromatic carbocycles. The number of nitriles is 1. The van der Waals surface area contributed by atoms with Gasteiger partial charge in [0.2, 0.25) is 5.91 Å².